The predicted octanol–water partition coefficient (Wildman–Crippen LogP) is 3.67. The number of hydrogen-bond donors (Lipinski definition) is 1. The Balaban J connectivity index is 1.81. The van der Waals surface area contributed by atoms with Crippen LogP contribution in [0, 0.1) is 6.92 Å². The lowest BCUT2D eigenvalue weighted by Gasteiger charge is -2.29. The number of aryl methyl sites for hydroxylation is 1. The molecule has 1 aliphatic heterocycles. The molecule has 0 unspecified atom stereocenters. The van der Waals surface area contributed by atoms with Gasteiger partial charge < -0.3 is 15.0 Å². The molecule has 116 valence electrons. The van der Waals surface area contributed by atoms with E-state index >= 15 is 0 Å². The van der Waals surface area contributed by atoms with Gasteiger partial charge in [-0.05, 0) is 42.3 Å². The molecular weight excluding hydrogens is 323 g/mol. The molecule has 1 fully saturated rings. The van der Waals surface area contributed by atoms with E-state index in [2.05, 4.69) is 32.3 Å². The number of halogens is 2. The van der Waals surface area contributed by atoms with Crippen molar-refractivity contribution in [1.29, 1.82) is 0 Å². The Morgan fingerprint density at radius 1 is 1.23 bits per heavy atom. The summed E-state index contributed by atoms with van der Waals surface area (Å²) in [6.07, 6.45) is 1.48. The third-order valence-electron chi connectivity index (χ3n) is 3.55. The molecule has 1 aromatic heterocycles. The van der Waals surface area contributed by atoms with E-state index in [9.17, 15) is 0 Å². The van der Waals surface area contributed by atoms with Gasteiger partial charge in [-0.25, -0.2) is 4.98 Å². The molecule has 0 aliphatic carbocycles. The maximum Gasteiger partial charge on any atom is 0.224 e. The summed E-state index contributed by atoms with van der Waals surface area (Å²) < 4.78 is 5.38. The fourth-order valence-electron chi connectivity index (χ4n) is 2.37. The van der Waals surface area contributed by atoms with Crippen LogP contribution >= 0.6 is 23.2 Å². The van der Waals surface area contributed by atoms with Gasteiger partial charge in [0.2, 0.25) is 5.28 Å². The fraction of sp³-hybridized carbons (Fsp3) is 0.333. The topological polar surface area (TPSA) is 50.3 Å². The number of rotatable bonds is 3. The Hall–Kier alpha value is -1.56. The van der Waals surface area contributed by atoms with Crippen molar-refractivity contribution in [2.24, 2.45) is 0 Å². The van der Waals surface area contributed by atoms with E-state index in [0.29, 0.717) is 10.8 Å². The number of nitrogens with one attached hydrogen (secondary N) is 1. The second kappa shape index (κ2) is 6.69. The van der Waals surface area contributed by atoms with Crippen molar-refractivity contribution in [2.45, 2.75) is 6.92 Å². The van der Waals surface area contributed by atoms with Crippen LogP contribution in [0.2, 0.25) is 10.3 Å². The Morgan fingerprint density at radius 3 is 2.73 bits per heavy atom. The number of ether oxygens (including phenoxy) is 1. The van der Waals surface area contributed by atoms with E-state index in [0.717, 1.165) is 37.6 Å². The van der Waals surface area contributed by atoms with Gasteiger partial charge in [-0.3, -0.25) is 0 Å². The molecule has 0 saturated carbocycles. The average molecular weight is 339 g/mol. The summed E-state index contributed by atoms with van der Waals surface area (Å²) in [5, 5.41) is 3.79. The summed E-state index contributed by atoms with van der Waals surface area (Å²) in [5.74, 6) is 0.504. The highest BCUT2D eigenvalue weighted by molar-refractivity contribution is 6.33. The largest absolute Gasteiger partial charge is 0.378 e. The number of hydrogen-bond acceptors (Lipinski definition) is 5. The molecule has 5 nitrogen and oxygen atoms in total. The average Bonchev–Trinajstić information content (AvgIpc) is 2.53. The lowest BCUT2D eigenvalue weighted by molar-refractivity contribution is 0.122. The molecule has 1 N–H and O–H groups in total. The van der Waals surface area contributed by atoms with Crippen LogP contribution in [0.5, 0.6) is 0 Å². The molecule has 1 aliphatic rings. The van der Waals surface area contributed by atoms with Gasteiger partial charge in [0, 0.05) is 24.5 Å². The molecule has 22 heavy (non-hydrogen) atoms. The van der Waals surface area contributed by atoms with Gasteiger partial charge in [-0.15, -0.1) is 0 Å². The molecule has 0 radical (unpaired) electrons. The Labute approximate surface area is 139 Å². The minimum absolute atomic E-state index is 0.162. The van der Waals surface area contributed by atoms with Crippen LogP contribution in [0.15, 0.2) is 24.4 Å². The van der Waals surface area contributed by atoms with Crippen LogP contribution in [0.4, 0.5) is 17.2 Å². The first-order valence-electron chi connectivity index (χ1n) is 7.02. The summed E-state index contributed by atoms with van der Waals surface area (Å²) >= 11 is 11.9. The lowest BCUT2D eigenvalue weighted by atomic mass is 10.1. The zero-order valence-electron chi connectivity index (χ0n) is 12.1. The SMILES string of the molecule is Cc1cc(N2CCOCC2)ccc1Nc1nc(Cl)ncc1Cl. The number of benzene rings is 1. The quantitative estimate of drug-likeness (QED) is 0.865. The summed E-state index contributed by atoms with van der Waals surface area (Å²) in [5.41, 5.74) is 3.24. The molecule has 3 rings (SSSR count). The maximum atomic E-state index is 6.08. The highest BCUT2D eigenvalue weighted by atomic mass is 35.5. The van der Waals surface area contributed by atoms with Crippen molar-refractivity contribution in [1.82, 2.24) is 9.97 Å². The van der Waals surface area contributed by atoms with Gasteiger partial charge >= 0.3 is 0 Å². The van der Waals surface area contributed by atoms with Crippen LogP contribution in [0.3, 0.4) is 0 Å². The third kappa shape index (κ3) is 3.43. The van der Waals surface area contributed by atoms with Gasteiger partial charge in [0.05, 0.1) is 19.4 Å². The highest BCUT2D eigenvalue weighted by Crippen LogP contribution is 2.28. The van der Waals surface area contributed by atoms with E-state index < -0.39 is 0 Å². The first-order chi connectivity index (χ1) is 10.6. The maximum absolute atomic E-state index is 6.08. The van der Waals surface area contributed by atoms with Gasteiger partial charge in [0.1, 0.15) is 5.02 Å². The molecular formula is C15H16Cl2N4O. The first-order valence-corrected chi connectivity index (χ1v) is 7.77. The molecule has 7 heteroatoms. The van der Waals surface area contributed by atoms with Crippen LogP contribution in [0.1, 0.15) is 5.56 Å². The summed E-state index contributed by atoms with van der Waals surface area (Å²) in [6.45, 7) is 5.42. The van der Waals surface area contributed by atoms with E-state index in [1.807, 2.05) is 13.0 Å². The summed E-state index contributed by atoms with van der Waals surface area (Å²) in [7, 11) is 0. The van der Waals surface area contributed by atoms with E-state index in [1.54, 1.807) is 0 Å². The standard InChI is InChI=1S/C15H16Cl2N4O/c1-10-8-11(21-4-6-22-7-5-21)2-3-13(10)19-14-12(16)9-18-15(17)20-14/h2-3,8-9H,4-7H2,1H3,(H,18,19,20). The second-order valence-corrected chi connectivity index (χ2v) is 5.80. The highest BCUT2D eigenvalue weighted by Gasteiger charge is 2.13. The lowest BCUT2D eigenvalue weighted by Crippen LogP contribution is -2.36. The van der Waals surface area contributed by atoms with Crippen LogP contribution in [0.25, 0.3) is 0 Å². The first kappa shape index (κ1) is 15.3. The Kier molecular flexibility index (Phi) is 4.66. The van der Waals surface area contributed by atoms with Crippen LogP contribution in [-0.2, 0) is 4.74 Å². The van der Waals surface area contributed by atoms with Crippen molar-refractivity contribution in [3.05, 3.63) is 40.3 Å². The predicted molar refractivity (Wildman–Crippen MR) is 89.5 cm³/mol. The van der Waals surface area contributed by atoms with Crippen molar-refractivity contribution < 1.29 is 4.74 Å². The molecule has 2 aromatic rings. The van der Waals surface area contributed by atoms with Gasteiger partial charge in [0.15, 0.2) is 5.82 Å². The summed E-state index contributed by atoms with van der Waals surface area (Å²) in [4.78, 5) is 10.3. The molecule has 0 bridgehead atoms. The number of aromatic nitrogens is 2. The number of anilines is 3. The molecule has 0 amide bonds. The molecule has 0 spiro atoms. The number of nitrogens with zero attached hydrogens (tertiary/aromatic N) is 3. The number of morpholine rings is 1. The van der Waals surface area contributed by atoms with Crippen molar-refractivity contribution in [3.63, 3.8) is 0 Å². The minimum atomic E-state index is 0.162. The molecule has 0 atom stereocenters. The van der Waals surface area contributed by atoms with Crippen molar-refractivity contribution >= 4 is 40.4 Å². The zero-order chi connectivity index (χ0) is 15.5. The van der Waals surface area contributed by atoms with Crippen LogP contribution < -0.4 is 10.2 Å². The Morgan fingerprint density at radius 2 is 2.00 bits per heavy atom. The van der Waals surface area contributed by atoms with E-state index in [1.165, 1.54) is 11.9 Å². The molecule has 1 aromatic carbocycles. The van der Waals surface area contributed by atoms with E-state index in [4.69, 9.17) is 27.9 Å². The van der Waals surface area contributed by atoms with Gasteiger partial charge in [0.25, 0.3) is 0 Å². The summed E-state index contributed by atoms with van der Waals surface area (Å²) in [6, 6.07) is 6.24. The van der Waals surface area contributed by atoms with Gasteiger partial charge in [-0.2, -0.15) is 4.98 Å². The normalized spacial score (nSPS) is 15.0. The third-order valence-corrected chi connectivity index (χ3v) is 4.01. The van der Waals surface area contributed by atoms with Gasteiger partial charge in [-0.1, -0.05) is 11.6 Å². The molecule has 1 saturated heterocycles. The smallest absolute Gasteiger partial charge is 0.224 e. The minimum Gasteiger partial charge on any atom is -0.378 e. The fourth-order valence-corrected chi connectivity index (χ4v) is 2.64. The molecule has 2 heterocycles. The van der Waals surface area contributed by atoms with Crippen molar-refractivity contribution in [2.75, 3.05) is 36.5 Å². The Bertz CT molecular complexity index is 675. The second-order valence-electron chi connectivity index (χ2n) is 5.06. The van der Waals surface area contributed by atoms with Crippen molar-refractivity contribution in [3.8, 4) is 0 Å². The monoisotopic (exact) mass is 338 g/mol. The van der Waals surface area contributed by atoms with Crippen LogP contribution in [-0.4, -0.2) is 36.3 Å². The zero-order valence-corrected chi connectivity index (χ0v) is 13.7. The van der Waals surface area contributed by atoms with E-state index in [-0.39, 0.29) is 5.28 Å².